The molecule has 0 saturated heterocycles. The summed E-state index contributed by atoms with van der Waals surface area (Å²) in [6, 6.07) is 1.53. The predicted molar refractivity (Wildman–Crippen MR) is 61.1 cm³/mol. The maximum Gasteiger partial charge on any atom is 0.377 e. The second-order valence-electron chi connectivity index (χ2n) is 3.35. The highest BCUT2D eigenvalue weighted by molar-refractivity contribution is 5.92. The minimum absolute atomic E-state index is 0.525. The molecule has 0 fully saturated rings. The first-order valence-corrected chi connectivity index (χ1v) is 5.12. The summed E-state index contributed by atoms with van der Waals surface area (Å²) < 4.78 is 40.3. The Balaban J connectivity index is 3.27. The summed E-state index contributed by atoms with van der Waals surface area (Å²) >= 11 is 0. The second kappa shape index (κ2) is 6.50. The zero-order valence-corrected chi connectivity index (χ0v) is 10.5. The largest absolute Gasteiger partial charge is 0.500 e. The van der Waals surface area contributed by atoms with E-state index in [1.54, 1.807) is 0 Å². The average molecular weight is 288 g/mol. The third kappa shape index (κ3) is 3.22. The van der Waals surface area contributed by atoms with Gasteiger partial charge in [0.25, 0.3) is 0 Å². The van der Waals surface area contributed by atoms with Crippen LogP contribution in [0.2, 0.25) is 0 Å². The Kier molecular flexibility index (Phi) is 5.01. The van der Waals surface area contributed by atoms with Gasteiger partial charge in [-0.3, -0.25) is 0 Å². The number of methoxy groups -OCH3 is 2. The highest BCUT2D eigenvalue weighted by atomic mass is 19.2. The fourth-order valence-corrected chi connectivity index (χ4v) is 1.26. The Hall–Kier alpha value is -2.64. The molecule has 0 spiro atoms. The Morgan fingerprint density at radius 3 is 2.40 bits per heavy atom. The van der Waals surface area contributed by atoms with Crippen molar-refractivity contribution in [2.24, 2.45) is 0 Å². The van der Waals surface area contributed by atoms with E-state index in [9.17, 15) is 18.4 Å². The van der Waals surface area contributed by atoms with Crippen LogP contribution in [0.15, 0.2) is 24.2 Å². The van der Waals surface area contributed by atoms with E-state index in [0.29, 0.717) is 6.07 Å². The second-order valence-corrected chi connectivity index (χ2v) is 3.35. The van der Waals surface area contributed by atoms with Crippen molar-refractivity contribution in [3.05, 3.63) is 41.4 Å². The molecule has 1 aromatic rings. The van der Waals surface area contributed by atoms with Gasteiger partial charge in [-0.15, -0.1) is 0 Å². The molecule has 0 radical (unpaired) electrons. The maximum atomic E-state index is 13.4. The molecule has 0 aromatic heterocycles. The predicted octanol–water partition coefficient (Wildman–Crippen LogP) is 1.70. The maximum absolute atomic E-state index is 13.4. The van der Waals surface area contributed by atoms with Gasteiger partial charge in [0.05, 0.1) is 14.2 Å². The van der Waals surface area contributed by atoms with Gasteiger partial charge in [-0.25, -0.2) is 18.4 Å². The van der Waals surface area contributed by atoms with Crippen molar-refractivity contribution in [2.75, 3.05) is 14.2 Å². The lowest BCUT2D eigenvalue weighted by atomic mass is 10.2. The SMILES string of the molecule is COC=C(Oc1ccc(F)c(F)c1C(=O)O)C(=O)OC. The fourth-order valence-electron chi connectivity index (χ4n) is 1.26. The van der Waals surface area contributed by atoms with E-state index in [-0.39, 0.29) is 0 Å². The van der Waals surface area contributed by atoms with Crippen molar-refractivity contribution < 1.29 is 37.7 Å². The number of carbonyl (C=O) groups is 2. The van der Waals surface area contributed by atoms with E-state index in [1.807, 2.05) is 0 Å². The molecule has 1 N–H and O–H groups in total. The summed E-state index contributed by atoms with van der Waals surface area (Å²) in [6.07, 6.45) is 0.832. The molecule has 0 saturated carbocycles. The monoisotopic (exact) mass is 288 g/mol. The van der Waals surface area contributed by atoms with E-state index in [4.69, 9.17) is 9.84 Å². The number of hydrogen-bond donors (Lipinski definition) is 1. The van der Waals surface area contributed by atoms with Crippen LogP contribution in [0.25, 0.3) is 0 Å². The molecule has 1 aromatic carbocycles. The van der Waals surface area contributed by atoms with Gasteiger partial charge in [0.1, 0.15) is 17.6 Å². The van der Waals surface area contributed by atoms with Gasteiger partial charge in [0, 0.05) is 0 Å². The Labute approximate surface area is 112 Å². The van der Waals surface area contributed by atoms with Gasteiger partial charge in [-0.2, -0.15) is 0 Å². The fraction of sp³-hybridized carbons (Fsp3) is 0.167. The molecule has 0 amide bonds. The molecule has 1 rings (SSSR count). The van der Waals surface area contributed by atoms with Gasteiger partial charge >= 0.3 is 11.9 Å². The molecule has 20 heavy (non-hydrogen) atoms. The van der Waals surface area contributed by atoms with E-state index < -0.39 is 40.6 Å². The van der Waals surface area contributed by atoms with Crippen LogP contribution in [0.1, 0.15) is 10.4 Å². The van der Waals surface area contributed by atoms with Gasteiger partial charge < -0.3 is 19.3 Å². The van der Waals surface area contributed by atoms with Gasteiger partial charge in [0.15, 0.2) is 11.6 Å². The highest BCUT2D eigenvalue weighted by Gasteiger charge is 2.24. The lowest BCUT2D eigenvalue weighted by Crippen LogP contribution is -2.14. The van der Waals surface area contributed by atoms with Crippen LogP contribution in [0, 0.1) is 11.6 Å². The topological polar surface area (TPSA) is 82.1 Å². The van der Waals surface area contributed by atoms with Crippen molar-refractivity contribution in [3.8, 4) is 5.75 Å². The van der Waals surface area contributed by atoms with Crippen molar-refractivity contribution in [2.45, 2.75) is 0 Å². The van der Waals surface area contributed by atoms with E-state index in [1.165, 1.54) is 7.11 Å². The van der Waals surface area contributed by atoms with Crippen LogP contribution in [0.3, 0.4) is 0 Å². The van der Waals surface area contributed by atoms with Crippen LogP contribution in [0.5, 0.6) is 5.75 Å². The highest BCUT2D eigenvalue weighted by Crippen LogP contribution is 2.25. The molecule has 108 valence electrons. The van der Waals surface area contributed by atoms with E-state index in [0.717, 1.165) is 19.4 Å². The summed E-state index contributed by atoms with van der Waals surface area (Å²) in [5.74, 6) is -6.78. The molecule has 0 aliphatic carbocycles. The van der Waals surface area contributed by atoms with Crippen LogP contribution in [-0.4, -0.2) is 31.3 Å². The molecular weight excluding hydrogens is 278 g/mol. The molecule has 0 aliphatic rings. The molecule has 0 unspecified atom stereocenters. The number of ether oxygens (including phenoxy) is 3. The number of aromatic carboxylic acids is 1. The van der Waals surface area contributed by atoms with Gasteiger partial charge in [-0.05, 0) is 12.1 Å². The smallest absolute Gasteiger partial charge is 0.377 e. The standard InChI is InChI=1S/C12H10F2O6/c1-18-5-8(12(17)19-2)20-7-4-3-6(13)10(14)9(7)11(15)16/h3-5H,1-2H3,(H,15,16). The molecule has 0 atom stereocenters. The van der Waals surface area contributed by atoms with Gasteiger partial charge in [-0.1, -0.05) is 0 Å². The average Bonchev–Trinajstić information content (AvgIpc) is 2.41. The number of benzene rings is 1. The van der Waals surface area contributed by atoms with Crippen molar-refractivity contribution in [1.29, 1.82) is 0 Å². The van der Waals surface area contributed by atoms with Crippen molar-refractivity contribution in [3.63, 3.8) is 0 Å². The molecule has 0 bridgehead atoms. The number of esters is 1. The molecular formula is C12H10F2O6. The summed E-state index contributed by atoms with van der Waals surface area (Å²) in [5.41, 5.74) is -1.05. The van der Waals surface area contributed by atoms with Crippen LogP contribution < -0.4 is 4.74 Å². The van der Waals surface area contributed by atoms with E-state index >= 15 is 0 Å². The lowest BCUT2D eigenvalue weighted by Gasteiger charge is -2.11. The zero-order chi connectivity index (χ0) is 15.3. The number of hydrogen-bond acceptors (Lipinski definition) is 5. The van der Waals surface area contributed by atoms with Gasteiger partial charge in [0.2, 0.25) is 5.76 Å². The lowest BCUT2D eigenvalue weighted by molar-refractivity contribution is -0.138. The Bertz CT molecular complexity index is 567. The van der Waals surface area contributed by atoms with Crippen molar-refractivity contribution >= 4 is 11.9 Å². The summed E-state index contributed by atoms with van der Waals surface area (Å²) in [4.78, 5) is 22.2. The number of halogens is 2. The van der Waals surface area contributed by atoms with Crippen molar-refractivity contribution in [1.82, 2.24) is 0 Å². The number of carbonyl (C=O) groups excluding carboxylic acids is 1. The summed E-state index contributed by atoms with van der Waals surface area (Å²) in [5, 5.41) is 8.86. The van der Waals surface area contributed by atoms with Crippen LogP contribution in [0.4, 0.5) is 8.78 Å². The number of carboxylic acids is 1. The molecule has 0 heterocycles. The zero-order valence-electron chi connectivity index (χ0n) is 10.5. The Morgan fingerprint density at radius 2 is 1.90 bits per heavy atom. The number of rotatable bonds is 5. The molecule has 0 aliphatic heterocycles. The summed E-state index contributed by atoms with van der Waals surface area (Å²) in [7, 11) is 2.26. The normalized spacial score (nSPS) is 10.9. The molecule has 8 heteroatoms. The third-order valence-electron chi connectivity index (χ3n) is 2.10. The quantitative estimate of drug-likeness (QED) is 0.504. The van der Waals surface area contributed by atoms with E-state index in [2.05, 4.69) is 9.47 Å². The number of carboxylic acid groups (broad SMARTS) is 1. The summed E-state index contributed by atoms with van der Waals surface area (Å²) in [6.45, 7) is 0. The third-order valence-corrected chi connectivity index (χ3v) is 2.10. The first-order chi connectivity index (χ1) is 9.42. The minimum atomic E-state index is -1.75. The Morgan fingerprint density at radius 1 is 1.25 bits per heavy atom. The first kappa shape index (κ1) is 15.4. The van der Waals surface area contributed by atoms with Crippen LogP contribution >= 0.6 is 0 Å². The molecule has 6 nitrogen and oxygen atoms in total. The van der Waals surface area contributed by atoms with Crippen LogP contribution in [-0.2, 0) is 14.3 Å². The first-order valence-electron chi connectivity index (χ1n) is 5.12. The minimum Gasteiger partial charge on any atom is -0.500 e.